The van der Waals surface area contributed by atoms with E-state index in [1.54, 1.807) is 6.20 Å². The minimum Gasteiger partial charge on any atom is -0.345 e. The van der Waals surface area contributed by atoms with Crippen molar-refractivity contribution in [3.05, 3.63) is 83.7 Å². The van der Waals surface area contributed by atoms with Crippen molar-refractivity contribution in [3.63, 3.8) is 0 Å². The Morgan fingerprint density at radius 2 is 1.87 bits per heavy atom. The third-order valence-corrected chi connectivity index (χ3v) is 5.41. The van der Waals surface area contributed by atoms with Gasteiger partial charge < -0.3 is 5.32 Å². The number of amides is 1. The molecule has 4 aromatic rings. The molecule has 0 aliphatic rings. The van der Waals surface area contributed by atoms with Crippen LogP contribution in [0.15, 0.2) is 67.0 Å². The molecule has 0 aliphatic carbocycles. The number of carbonyl (C=O) groups is 1. The summed E-state index contributed by atoms with van der Waals surface area (Å²) in [6.45, 7) is 6.98. The van der Waals surface area contributed by atoms with Gasteiger partial charge in [-0.2, -0.15) is 5.10 Å². The van der Waals surface area contributed by atoms with Crippen LogP contribution in [0.5, 0.6) is 0 Å². The molecule has 0 radical (unpaired) electrons. The molecule has 0 fully saturated rings. The van der Waals surface area contributed by atoms with Crippen molar-refractivity contribution in [2.24, 2.45) is 0 Å². The average molecular weight is 399 g/mol. The molecule has 2 heterocycles. The number of hydrogen-bond acceptors (Lipinski definition) is 3. The molecule has 4 rings (SSSR count). The predicted octanol–water partition coefficient (Wildman–Crippen LogP) is 5.31. The highest BCUT2D eigenvalue weighted by molar-refractivity contribution is 6.07. The van der Waals surface area contributed by atoms with Crippen LogP contribution >= 0.6 is 0 Å². The Bertz CT molecular complexity index is 1180. The molecular weight excluding hydrogens is 372 g/mol. The van der Waals surface area contributed by atoms with E-state index in [0.29, 0.717) is 5.56 Å². The molecule has 0 spiro atoms. The van der Waals surface area contributed by atoms with Gasteiger partial charge in [0.25, 0.3) is 5.91 Å². The van der Waals surface area contributed by atoms with Crippen molar-refractivity contribution in [2.75, 3.05) is 0 Å². The van der Waals surface area contributed by atoms with Gasteiger partial charge in [-0.05, 0) is 38.0 Å². The molecule has 0 saturated heterocycles. The minimum atomic E-state index is -0.0924. The average Bonchev–Trinajstić information content (AvgIpc) is 3.26. The van der Waals surface area contributed by atoms with Crippen molar-refractivity contribution >= 4 is 16.8 Å². The summed E-state index contributed by atoms with van der Waals surface area (Å²) >= 11 is 0. The number of benzene rings is 2. The van der Waals surface area contributed by atoms with E-state index in [1.807, 2.05) is 48.1 Å². The Morgan fingerprint density at radius 3 is 2.57 bits per heavy atom. The second-order valence-corrected chi connectivity index (χ2v) is 7.50. The number of aromatic nitrogens is 3. The third kappa shape index (κ3) is 3.96. The Labute approximate surface area is 176 Å². The van der Waals surface area contributed by atoms with E-state index in [-0.39, 0.29) is 11.9 Å². The lowest BCUT2D eigenvalue weighted by molar-refractivity contribution is 0.0937. The van der Waals surface area contributed by atoms with Gasteiger partial charge in [0.1, 0.15) is 0 Å². The van der Waals surface area contributed by atoms with Gasteiger partial charge in [-0.1, -0.05) is 55.0 Å². The van der Waals surface area contributed by atoms with Crippen molar-refractivity contribution in [1.82, 2.24) is 20.1 Å². The highest BCUT2D eigenvalue weighted by Gasteiger charge is 2.18. The van der Waals surface area contributed by atoms with Crippen LogP contribution in [0.2, 0.25) is 0 Å². The molecular formula is C25H26N4O. The molecule has 1 amide bonds. The van der Waals surface area contributed by atoms with Crippen LogP contribution in [0, 0.1) is 6.92 Å². The number of nitrogens with one attached hydrogen (secondary N) is 1. The van der Waals surface area contributed by atoms with Crippen molar-refractivity contribution in [1.29, 1.82) is 0 Å². The Hall–Kier alpha value is -3.47. The van der Waals surface area contributed by atoms with Gasteiger partial charge in [0, 0.05) is 23.7 Å². The quantitative estimate of drug-likeness (QED) is 0.479. The molecule has 2 aromatic carbocycles. The zero-order chi connectivity index (χ0) is 21.1. The largest absolute Gasteiger partial charge is 0.345 e. The molecule has 1 unspecified atom stereocenters. The number of para-hydroxylation sites is 1. The van der Waals surface area contributed by atoms with Gasteiger partial charge in [-0.15, -0.1) is 0 Å². The van der Waals surface area contributed by atoms with Crippen LogP contribution in [0.4, 0.5) is 0 Å². The van der Waals surface area contributed by atoms with Crippen LogP contribution in [-0.4, -0.2) is 20.7 Å². The van der Waals surface area contributed by atoms with Gasteiger partial charge in [0.05, 0.1) is 29.0 Å². The Kier molecular flexibility index (Phi) is 5.61. The Balaban J connectivity index is 1.72. The van der Waals surface area contributed by atoms with Crippen LogP contribution in [0.25, 0.3) is 22.2 Å². The van der Waals surface area contributed by atoms with E-state index in [4.69, 9.17) is 4.98 Å². The SMILES string of the molecule is CCC(NC(=O)c1cc(-c2cnn(CC)c2)nc2ccccc12)c1ccc(C)cc1. The smallest absolute Gasteiger partial charge is 0.252 e. The zero-order valence-corrected chi connectivity index (χ0v) is 17.6. The summed E-state index contributed by atoms with van der Waals surface area (Å²) in [6, 6.07) is 17.9. The summed E-state index contributed by atoms with van der Waals surface area (Å²) in [6.07, 6.45) is 4.57. The first-order valence-corrected chi connectivity index (χ1v) is 10.4. The minimum absolute atomic E-state index is 0.0451. The monoisotopic (exact) mass is 398 g/mol. The van der Waals surface area contributed by atoms with E-state index >= 15 is 0 Å². The van der Waals surface area contributed by atoms with Crippen molar-refractivity contribution in [3.8, 4) is 11.3 Å². The summed E-state index contributed by atoms with van der Waals surface area (Å²) < 4.78 is 1.86. The lowest BCUT2D eigenvalue weighted by Gasteiger charge is -2.19. The van der Waals surface area contributed by atoms with Gasteiger partial charge in [0.15, 0.2) is 0 Å². The molecule has 2 aromatic heterocycles. The lowest BCUT2D eigenvalue weighted by Crippen LogP contribution is -2.28. The molecule has 0 aliphatic heterocycles. The van der Waals surface area contributed by atoms with Crippen LogP contribution in [0.1, 0.15) is 47.8 Å². The fraction of sp³-hybridized carbons (Fsp3) is 0.240. The maximum atomic E-state index is 13.4. The van der Waals surface area contributed by atoms with E-state index in [1.165, 1.54) is 5.56 Å². The second kappa shape index (κ2) is 8.49. The zero-order valence-electron chi connectivity index (χ0n) is 17.6. The number of nitrogens with zero attached hydrogens (tertiary/aromatic N) is 3. The second-order valence-electron chi connectivity index (χ2n) is 7.50. The molecule has 0 bridgehead atoms. The van der Waals surface area contributed by atoms with Gasteiger partial charge in [-0.3, -0.25) is 9.48 Å². The molecule has 152 valence electrons. The van der Waals surface area contributed by atoms with Gasteiger partial charge in [-0.25, -0.2) is 4.98 Å². The molecule has 5 nitrogen and oxygen atoms in total. The molecule has 1 atom stereocenters. The Morgan fingerprint density at radius 1 is 1.10 bits per heavy atom. The van der Waals surface area contributed by atoms with Crippen molar-refractivity contribution in [2.45, 2.75) is 39.8 Å². The van der Waals surface area contributed by atoms with Gasteiger partial charge in [0.2, 0.25) is 0 Å². The molecule has 30 heavy (non-hydrogen) atoms. The topological polar surface area (TPSA) is 59.8 Å². The first-order valence-electron chi connectivity index (χ1n) is 10.4. The molecule has 5 heteroatoms. The number of aryl methyl sites for hydroxylation is 2. The number of rotatable bonds is 6. The number of hydrogen-bond donors (Lipinski definition) is 1. The highest BCUT2D eigenvalue weighted by Crippen LogP contribution is 2.26. The molecule has 1 N–H and O–H groups in total. The van der Waals surface area contributed by atoms with E-state index in [2.05, 4.69) is 48.5 Å². The fourth-order valence-corrected chi connectivity index (χ4v) is 3.64. The van der Waals surface area contributed by atoms with Crippen LogP contribution < -0.4 is 5.32 Å². The first kappa shape index (κ1) is 19.8. The standard InChI is InChI=1S/C25H26N4O/c1-4-22(18-12-10-17(3)11-13-18)28-25(30)21-14-24(19-15-26-29(5-2)16-19)27-23-9-7-6-8-20(21)23/h6-16,22H,4-5H2,1-3H3,(H,28,30). The summed E-state index contributed by atoms with van der Waals surface area (Å²) in [5.41, 5.74) is 5.40. The fourth-order valence-electron chi connectivity index (χ4n) is 3.64. The van der Waals surface area contributed by atoms with E-state index in [0.717, 1.165) is 40.7 Å². The number of fused-ring (bicyclic) bond motifs is 1. The maximum absolute atomic E-state index is 13.4. The first-order chi connectivity index (χ1) is 14.6. The predicted molar refractivity (Wildman–Crippen MR) is 120 cm³/mol. The summed E-state index contributed by atoms with van der Waals surface area (Å²) in [7, 11) is 0. The third-order valence-electron chi connectivity index (χ3n) is 5.41. The number of carbonyl (C=O) groups excluding carboxylic acids is 1. The van der Waals surface area contributed by atoms with Gasteiger partial charge >= 0.3 is 0 Å². The van der Waals surface area contributed by atoms with Crippen molar-refractivity contribution < 1.29 is 4.79 Å². The number of pyridine rings is 1. The highest BCUT2D eigenvalue weighted by atomic mass is 16.1. The molecule has 0 saturated carbocycles. The summed E-state index contributed by atoms with van der Waals surface area (Å²) in [4.78, 5) is 18.1. The summed E-state index contributed by atoms with van der Waals surface area (Å²) in [5.74, 6) is -0.0924. The van der Waals surface area contributed by atoms with E-state index < -0.39 is 0 Å². The summed E-state index contributed by atoms with van der Waals surface area (Å²) in [5, 5.41) is 8.42. The lowest BCUT2D eigenvalue weighted by atomic mass is 10.0. The van der Waals surface area contributed by atoms with Crippen LogP contribution in [-0.2, 0) is 6.54 Å². The normalized spacial score (nSPS) is 12.1. The van der Waals surface area contributed by atoms with Crippen LogP contribution in [0.3, 0.4) is 0 Å². The van der Waals surface area contributed by atoms with E-state index in [9.17, 15) is 4.79 Å². The maximum Gasteiger partial charge on any atom is 0.252 e.